The standard InChI is InChI=1S/C23H22N4O2/c1-15(2)16-4-8-20(9-5-16)26-23(28)18(13-24)12-19-14-25-27-22(19)17-6-10-21(29-3)11-7-17/h4-12,14-15H,1-3H3,(H,25,27)(H,26,28). The molecule has 0 aliphatic rings. The van der Waals surface area contributed by atoms with Crippen molar-refractivity contribution < 1.29 is 9.53 Å². The average Bonchev–Trinajstić information content (AvgIpc) is 3.20. The fraction of sp³-hybridized carbons (Fsp3) is 0.174. The predicted octanol–water partition coefficient (Wildman–Crippen LogP) is 4.75. The summed E-state index contributed by atoms with van der Waals surface area (Å²) in [6, 6.07) is 17.0. The van der Waals surface area contributed by atoms with E-state index < -0.39 is 5.91 Å². The van der Waals surface area contributed by atoms with Crippen LogP contribution in [0, 0.1) is 11.3 Å². The van der Waals surface area contributed by atoms with Crippen molar-refractivity contribution in [2.75, 3.05) is 12.4 Å². The molecule has 1 aromatic heterocycles. The minimum absolute atomic E-state index is 0.00547. The van der Waals surface area contributed by atoms with Crippen LogP contribution in [0.5, 0.6) is 5.75 Å². The van der Waals surface area contributed by atoms with Crippen molar-refractivity contribution in [3.05, 3.63) is 71.4 Å². The van der Waals surface area contributed by atoms with Gasteiger partial charge in [-0.05, 0) is 54.0 Å². The maximum Gasteiger partial charge on any atom is 0.266 e. The quantitative estimate of drug-likeness (QED) is 0.472. The lowest BCUT2D eigenvalue weighted by atomic mass is 10.0. The van der Waals surface area contributed by atoms with Gasteiger partial charge in [0.25, 0.3) is 5.91 Å². The number of anilines is 1. The number of nitrogens with one attached hydrogen (secondary N) is 2. The Hall–Kier alpha value is -3.85. The molecule has 1 amide bonds. The monoisotopic (exact) mass is 386 g/mol. The molecule has 3 aromatic rings. The molecule has 2 N–H and O–H groups in total. The predicted molar refractivity (Wildman–Crippen MR) is 113 cm³/mol. The van der Waals surface area contributed by atoms with Crippen molar-refractivity contribution in [3.8, 4) is 23.1 Å². The maximum atomic E-state index is 12.6. The van der Waals surface area contributed by atoms with Crippen LogP contribution in [0.15, 0.2) is 60.3 Å². The van der Waals surface area contributed by atoms with E-state index >= 15 is 0 Å². The molecule has 0 saturated heterocycles. The zero-order chi connectivity index (χ0) is 20.8. The summed E-state index contributed by atoms with van der Waals surface area (Å²) >= 11 is 0. The molecule has 29 heavy (non-hydrogen) atoms. The van der Waals surface area contributed by atoms with E-state index in [4.69, 9.17) is 4.74 Å². The number of nitriles is 1. The van der Waals surface area contributed by atoms with Crippen LogP contribution in [0.4, 0.5) is 5.69 Å². The highest BCUT2D eigenvalue weighted by Gasteiger charge is 2.13. The molecule has 6 heteroatoms. The van der Waals surface area contributed by atoms with E-state index in [9.17, 15) is 10.1 Å². The van der Waals surface area contributed by atoms with E-state index in [1.165, 1.54) is 11.6 Å². The number of aromatic nitrogens is 2. The Kier molecular flexibility index (Phi) is 6.10. The Balaban J connectivity index is 1.82. The number of nitrogens with zero attached hydrogens (tertiary/aromatic N) is 2. The topological polar surface area (TPSA) is 90.8 Å². The van der Waals surface area contributed by atoms with E-state index in [1.807, 2.05) is 54.6 Å². The smallest absolute Gasteiger partial charge is 0.266 e. The Bertz CT molecular complexity index is 1060. The summed E-state index contributed by atoms with van der Waals surface area (Å²) in [5, 5.41) is 19.2. The van der Waals surface area contributed by atoms with E-state index in [0.717, 1.165) is 17.0 Å². The van der Waals surface area contributed by atoms with Crippen LogP contribution < -0.4 is 10.1 Å². The van der Waals surface area contributed by atoms with Gasteiger partial charge in [0.05, 0.1) is 19.0 Å². The normalized spacial score (nSPS) is 11.2. The first kappa shape index (κ1) is 19.9. The fourth-order valence-corrected chi connectivity index (χ4v) is 2.85. The first-order valence-corrected chi connectivity index (χ1v) is 9.22. The maximum absolute atomic E-state index is 12.6. The molecule has 0 atom stereocenters. The number of amides is 1. The van der Waals surface area contributed by atoms with Gasteiger partial charge in [-0.2, -0.15) is 10.4 Å². The largest absolute Gasteiger partial charge is 0.497 e. The molecular formula is C23H22N4O2. The van der Waals surface area contributed by atoms with Crippen LogP contribution >= 0.6 is 0 Å². The third-order valence-electron chi connectivity index (χ3n) is 4.55. The summed E-state index contributed by atoms with van der Waals surface area (Å²) in [5.41, 5.74) is 4.06. The van der Waals surface area contributed by atoms with Gasteiger partial charge in [-0.15, -0.1) is 0 Å². The SMILES string of the molecule is COc1ccc(-c2[nH]ncc2C=C(C#N)C(=O)Nc2ccc(C(C)C)cc2)cc1. The number of methoxy groups -OCH3 is 1. The molecule has 0 saturated carbocycles. The number of ether oxygens (including phenoxy) is 1. The number of rotatable bonds is 6. The second-order valence-electron chi connectivity index (χ2n) is 6.83. The van der Waals surface area contributed by atoms with E-state index in [2.05, 4.69) is 29.4 Å². The minimum atomic E-state index is -0.466. The fourth-order valence-electron chi connectivity index (χ4n) is 2.85. The number of H-pyrrole nitrogens is 1. The van der Waals surface area contributed by atoms with Crippen LogP contribution in [0.3, 0.4) is 0 Å². The van der Waals surface area contributed by atoms with E-state index in [0.29, 0.717) is 17.2 Å². The summed E-state index contributed by atoms with van der Waals surface area (Å²) in [6.45, 7) is 4.21. The first-order valence-electron chi connectivity index (χ1n) is 9.22. The Morgan fingerprint density at radius 2 is 1.86 bits per heavy atom. The molecule has 0 radical (unpaired) electrons. The zero-order valence-electron chi connectivity index (χ0n) is 16.6. The summed E-state index contributed by atoms with van der Waals surface area (Å²) in [6.07, 6.45) is 3.11. The average molecular weight is 386 g/mol. The number of benzene rings is 2. The van der Waals surface area contributed by atoms with Crippen molar-refractivity contribution in [1.82, 2.24) is 10.2 Å². The summed E-state index contributed by atoms with van der Waals surface area (Å²) in [4.78, 5) is 12.6. The van der Waals surface area contributed by atoms with Gasteiger partial charge in [0.15, 0.2) is 0 Å². The molecule has 2 aromatic carbocycles. The van der Waals surface area contributed by atoms with Gasteiger partial charge in [-0.1, -0.05) is 26.0 Å². The van der Waals surface area contributed by atoms with Crippen LogP contribution in [-0.4, -0.2) is 23.2 Å². The van der Waals surface area contributed by atoms with E-state index in [-0.39, 0.29) is 5.57 Å². The number of hydrogen-bond acceptors (Lipinski definition) is 4. The Morgan fingerprint density at radius 1 is 1.17 bits per heavy atom. The molecule has 0 spiro atoms. The van der Waals surface area contributed by atoms with Gasteiger partial charge in [0.1, 0.15) is 17.4 Å². The van der Waals surface area contributed by atoms with E-state index in [1.54, 1.807) is 13.3 Å². The zero-order valence-corrected chi connectivity index (χ0v) is 16.6. The van der Waals surface area contributed by atoms with Crippen LogP contribution in [0.1, 0.15) is 30.9 Å². The Morgan fingerprint density at radius 3 is 2.45 bits per heavy atom. The molecule has 0 bridgehead atoms. The second kappa shape index (κ2) is 8.89. The van der Waals surface area contributed by atoms with Crippen molar-refractivity contribution >= 4 is 17.7 Å². The molecule has 146 valence electrons. The van der Waals surface area contributed by atoms with Crippen LogP contribution in [0.2, 0.25) is 0 Å². The highest BCUT2D eigenvalue weighted by molar-refractivity contribution is 6.10. The molecule has 6 nitrogen and oxygen atoms in total. The van der Waals surface area contributed by atoms with Gasteiger partial charge in [0, 0.05) is 16.8 Å². The van der Waals surface area contributed by atoms with Crippen molar-refractivity contribution in [1.29, 1.82) is 5.26 Å². The lowest BCUT2D eigenvalue weighted by molar-refractivity contribution is -0.112. The highest BCUT2D eigenvalue weighted by atomic mass is 16.5. The molecule has 0 aliphatic carbocycles. The molecule has 0 aliphatic heterocycles. The number of hydrogen-bond donors (Lipinski definition) is 2. The third kappa shape index (κ3) is 4.71. The molecule has 0 fully saturated rings. The van der Waals surface area contributed by atoms with Crippen LogP contribution in [0.25, 0.3) is 17.3 Å². The first-order chi connectivity index (χ1) is 14.0. The molecule has 0 unspecified atom stereocenters. The van der Waals surface area contributed by atoms with Gasteiger partial charge in [0.2, 0.25) is 0 Å². The molecule has 3 rings (SSSR count). The van der Waals surface area contributed by atoms with Crippen LogP contribution in [-0.2, 0) is 4.79 Å². The minimum Gasteiger partial charge on any atom is -0.497 e. The lowest BCUT2D eigenvalue weighted by Gasteiger charge is -2.08. The highest BCUT2D eigenvalue weighted by Crippen LogP contribution is 2.25. The third-order valence-corrected chi connectivity index (χ3v) is 4.55. The molecule has 1 heterocycles. The number of aromatic amines is 1. The van der Waals surface area contributed by atoms with Crippen molar-refractivity contribution in [3.63, 3.8) is 0 Å². The van der Waals surface area contributed by atoms with Gasteiger partial charge < -0.3 is 10.1 Å². The number of carbonyl (C=O) groups is 1. The lowest BCUT2D eigenvalue weighted by Crippen LogP contribution is -2.13. The van der Waals surface area contributed by atoms with Gasteiger partial charge in [-0.25, -0.2) is 0 Å². The summed E-state index contributed by atoms with van der Waals surface area (Å²) < 4.78 is 5.17. The van der Waals surface area contributed by atoms with Crippen molar-refractivity contribution in [2.24, 2.45) is 0 Å². The Labute approximate surface area is 169 Å². The molecular weight excluding hydrogens is 364 g/mol. The summed E-state index contributed by atoms with van der Waals surface area (Å²) in [7, 11) is 1.60. The van der Waals surface area contributed by atoms with Gasteiger partial charge in [-0.3, -0.25) is 9.89 Å². The van der Waals surface area contributed by atoms with Gasteiger partial charge >= 0.3 is 0 Å². The number of carbonyl (C=O) groups excluding carboxylic acids is 1. The van der Waals surface area contributed by atoms with Crippen molar-refractivity contribution in [2.45, 2.75) is 19.8 Å². The summed E-state index contributed by atoms with van der Waals surface area (Å²) in [5.74, 6) is 0.685. The second-order valence-corrected chi connectivity index (χ2v) is 6.83.